The molecular weight excluding hydrogens is 408 g/mol. The van der Waals surface area contributed by atoms with Crippen LogP contribution in [0.2, 0.25) is 0 Å². The van der Waals surface area contributed by atoms with Crippen molar-refractivity contribution >= 4 is 37.7 Å². The molecule has 0 fully saturated rings. The molecule has 1 heterocycles. The van der Waals surface area contributed by atoms with E-state index in [1.54, 1.807) is 7.05 Å². The highest BCUT2D eigenvalue weighted by atomic mass is 79.9. The Morgan fingerprint density at radius 2 is 1.86 bits per heavy atom. The third-order valence-electron chi connectivity index (χ3n) is 2.92. The van der Waals surface area contributed by atoms with Gasteiger partial charge in [-0.15, -0.1) is 0 Å². The number of rotatable bonds is 4. The maximum absolute atomic E-state index is 13.7. The Morgan fingerprint density at radius 3 is 2.48 bits per heavy atom. The molecule has 0 atom stereocenters. The number of hydrogen-bond donors (Lipinski definition) is 1. The molecular formula is C14H13Br2F2N3. The first-order chi connectivity index (χ1) is 9.99. The first-order valence-electron chi connectivity index (χ1n) is 6.37. The summed E-state index contributed by atoms with van der Waals surface area (Å²) in [5.41, 5.74) is 1.23. The standard InChI is InChI=1S/C14H13Br2F2N3/c1-3-4-9-11(16)14(19-2)21-13(20-9)7-5-6-8(17)12(18)10(7)15/h5-6H,3-4H2,1-2H3,(H,19,20,21). The summed E-state index contributed by atoms with van der Waals surface area (Å²) in [6.45, 7) is 2.04. The molecule has 1 N–H and O–H groups in total. The van der Waals surface area contributed by atoms with Crippen LogP contribution in [0.4, 0.5) is 14.6 Å². The molecule has 0 bridgehead atoms. The van der Waals surface area contributed by atoms with E-state index >= 15 is 0 Å². The molecule has 0 aliphatic carbocycles. The van der Waals surface area contributed by atoms with Gasteiger partial charge in [0.2, 0.25) is 0 Å². The molecule has 0 unspecified atom stereocenters. The SMILES string of the molecule is CCCc1nc(-c2ccc(F)c(F)c2Br)nc(NC)c1Br. The van der Waals surface area contributed by atoms with Crippen molar-refractivity contribution in [2.45, 2.75) is 19.8 Å². The van der Waals surface area contributed by atoms with Crippen LogP contribution in [-0.4, -0.2) is 17.0 Å². The minimum Gasteiger partial charge on any atom is -0.372 e. The third kappa shape index (κ3) is 3.23. The Labute approximate surface area is 138 Å². The van der Waals surface area contributed by atoms with Crippen molar-refractivity contribution < 1.29 is 8.78 Å². The summed E-state index contributed by atoms with van der Waals surface area (Å²) in [6, 6.07) is 2.53. The van der Waals surface area contributed by atoms with Crippen molar-refractivity contribution in [3.05, 3.63) is 38.4 Å². The molecule has 0 aliphatic heterocycles. The third-order valence-corrected chi connectivity index (χ3v) is 4.53. The van der Waals surface area contributed by atoms with Crippen LogP contribution in [0.5, 0.6) is 0 Å². The van der Waals surface area contributed by atoms with Crippen molar-refractivity contribution in [1.29, 1.82) is 0 Å². The van der Waals surface area contributed by atoms with Crippen molar-refractivity contribution in [3.63, 3.8) is 0 Å². The Morgan fingerprint density at radius 1 is 1.14 bits per heavy atom. The summed E-state index contributed by atoms with van der Waals surface area (Å²) in [6.07, 6.45) is 1.67. The highest BCUT2D eigenvalue weighted by Crippen LogP contribution is 2.33. The molecule has 0 aliphatic rings. The Balaban J connectivity index is 2.64. The van der Waals surface area contributed by atoms with Gasteiger partial charge in [-0.05, 0) is 50.4 Å². The minimum atomic E-state index is -0.943. The Kier molecular flexibility index (Phi) is 5.27. The Hall–Kier alpha value is -1.08. The second-order valence-corrected chi connectivity index (χ2v) is 5.97. The molecule has 7 heteroatoms. The predicted molar refractivity (Wildman–Crippen MR) is 86.3 cm³/mol. The summed E-state index contributed by atoms with van der Waals surface area (Å²) >= 11 is 6.53. The van der Waals surface area contributed by atoms with Gasteiger partial charge >= 0.3 is 0 Å². The fourth-order valence-corrected chi connectivity index (χ4v) is 2.95. The van der Waals surface area contributed by atoms with Crippen molar-refractivity contribution in [2.24, 2.45) is 0 Å². The molecule has 2 aromatic rings. The fourth-order valence-electron chi connectivity index (χ4n) is 1.88. The maximum Gasteiger partial charge on any atom is 0.173 e. The molecule has 2 rings (SSSR count). The molecule has 0 saturated carbocycles. The van der Waals surface area contributed by atoms with Gasteiger partial charge in [-0.25, -0.2) is 18.7 Å². The second-order valence-electron chi connectivity index (χ2n) is 4.38. The average Bonchev–Trinajstić information content (AvgIpc) is 2.47. The predicted octanol–water partition coefficient (Wildman–Crippen LogP) is 4.94. The van der Waals surface area contributed by atoms with E-state index in [1.807, 2.05) is 6.92 Å². The summed E-state index contributed by atoms with van der Waals surface area (Å²) in [7, 11) is 1.74. The van der Waals surface area contributed by atoms with Crippen LogP contribution in [0.25, 0.3) is 11.4 Å². The second kappa shape index (κ2) is 6.79. The summed E-state index contributed by atoms with van der Waals surface area (Å²) in [5, 5.41) is 2.97. The van der Waals surface area contributed by atoms with E-state index in [0.717, 1.165) is 29.1 Å². The molecule has 0 amide bonds. The molecule has 3 nitrogen and oxygen atoms in total. The van der Waals surface area contributed by atoms with Gasteiger partial charge in [0.15, 0.2) is 17.5 Å². The van der Waals surface area contributed by atoms with Gasteiger partial charge < -0.3 is 5.32 Å². The van der Waals surface area contributed by atoms with E-state index in [-0.39, 0.29) is 4.47 Å². The number of hydrogen-bond acceptors (Lipinski definition) is 3. The van der Waals surface area contributed by atoms with E-state index in [9.17, 15) is 8.78 Å². The topological polar surface area (TPSA) is 37.8 Å². The van der Waals surface area contributed by atoms with Gasteiger partial charge in [-0.1, -0.05) is 13.3 Å². The van der Waals surface area contributed by atoms with Gasteiger partial charge in [0.1, 0.15) is 5.82 Å². The van der Waals surface area contributed by atoms with Gasteiger partial charge in [0, 0.05) is 12.6 Å². The number of anilines is 1. The molecule has 0 radical (unpaired) electrons. The average molecular weight is 421 g/mol. The van der Waals surface area contributed by atoms with E-state index in [1.165, 1.54) is 6.07 Å². The molecule has 0 saturated heterocycles. The number of benzene rings is 1. The van der Waals surface area contributed by atoms with Crippen molar-refractivity contribution in [1.82, 2.24) is 9.97 Å². The van der Waals surface area contributed by atoms with Gasteiger partial charge in [-0.2, -0.15) is 0 Å². The monoisotopic (exact) mass is 419 g/mol. The summed E-state index contributed by atoms with van der Waals surface area (Å²) in [5.74, 6) is -0.899. The number of nitrogens with zero attached hydrogens (tertiary/aromatic N) is 2. The van der Waals surface area contributed by atoms with E-state index < -0.39 is 11.6 Å². The first-order valence-corrected chi connectivity index (χ1v) is 7.96. The van der Waals surface area contributed by atoms with Crippen LogP contribution in [-0.2, 0) is 6.42 Å². The van der Waals surface area contributed by atoms with E-state index in [4.69, 9.17) is 0 Å². The molecule has 1 aromatic heterocycles. The lowest BCUT2D eigenvalue weighted by Gasteiger charge is -2.12. The van der Waals surface area contributed by atoms with Gasteiger partial charge in [-0.3, -0.25) is 0 Å². The number of nitrogens with one attached hydrogen (secondary N) is 1. The maximum atomic E-state index is 13.7. The number of halogens is 4. The van der Waals surface area contributed by atoms with E-state index in [0.29, 0.717) is 17.2 Å². The molecule has 21 heavy (non-hydrogen) atoms. The van der Waals surface area contributed by atoms with Crippen LogP contribution >= 0.6 is 31.9 Å². The summed E-state index contributed by atoms with van der Waals surface area (Å²) in [4.78, 5) is 8.80. The number of aryl methyl sites for hydroxylation is 1. The van der Waals surface area contributed by atoms with Crippen molar-refractivity contribution in [3.8, 4) is 11.4 Å². The molecule has 1 aromatic carbocycles. The van der Waals surface area contributed by atoms with Gasteiger partial charge in [0.25, 0.3) is 0 Å². The van der Waals surface area contributed by atoms with Crippen molar-refractivity contribution in [2.75, 3.05) is 12.4 Å². The molecule has 0 spiro atoms. The largest absolute Gasteiger partial charge is 0.372 e. The Bertz CT molecular complexity index is 678. The van der Waals surface area contributed by atoms with Crippen LogP contribution in [0.15, 0.2) is 21.1 Å². The zero-order chi connectivity index (χ0) is 15.6. The highest BCUT2D eigenvalue weighted by molar-refractivity contribution is 9.11. The smallest absolute Gasteiger partial charge is 0.173 e. The summed E-state index contributed by atoms with van der Waals surface area (Å²) < 4.78 is 27.7. The van der Waals surface area contributed by atoms with E-state index in [2.05, 4.69) is 47.1 Å². The fraction of sp³-hybridized carbons (Fsp3) is 0.286. The zero-order valence-corrected chi connectivity index (χ0v) is 14.6. The van der Waals surface area contributed by atoms with Crippen LogP contribution in [0, 0.1) is 11.6 Å². The number of aromatic nitrogens is 2. The molecule has 112 valence electrons. The van der Waals surface area contributed by atoms with Crippen LogP contribution in [0.1, 0.15) is 19.0 Å². The highest BCUT2D eigenvalue weighted by Gasteiger charge is 2.17. The normalized spacial score (nSPS) is 10.8. The first kappa shape index (κ1) is 16.3. The zero-order valence-electron chi connectivity index (χ0n) is 11.5. The quantitative estimate of drug-likeness (QED) is 0.711. The lowest BCUT2D eigenvalue weighted by molar-refractivity contribution is 0.504. The van der Waals surface area contributed by atoms with Gasteiger partial charge in [0.05, 0.1) is 14.6 Å². The lowest BCUT2D eigenvalue weighted by atomic mass is 10.1. The minimum absolute atomic E-state index is 0.0225. The van der Waals surface area contributed by atoms with Crippen LogP contribution in [0.3, 0.4) is 0 Å². The van der Waals surface area contributed by atoms with Crippen LogP contribution < -0.4 is 5.32 Å². The lowest BCUT2D eigenvalue weighted by Crippen LogP contribution is -2.04.